The normalized spacial score (nSPS) is 17.0. The number of aryl methyl sites for hydroxylation is 1. The van der Waals surface area contributed by atoms with Crippen molar-refractivity contribution in [2.24, 2.45) is 0 Å². The molecule has 1 aliphatic heterocycles. The van der Waals surface area contributed by atoms with E-state index >= 15 is 0 Å². The van der Waals surface area contributed by atoms with Crippen molar-refractivity contribution in [3.05, 3.63) is 45.9 Å². The molecule has 0 bridgehead atoms. The van der Waals surface area contributed by atoms with Crippen LogP contribution in [0.1, 0.15) is 33.8 Å². The van der Waals surface area contributed by atoms with Gasteiger partial charge in [0.05, 0.1) is 24.4 Å². The Balaban J connectivity index is 1.83. The Kier molecular flexibility index (Phi) is 5.48. The predicted molar refractivity (Wildman–Crippen MR) is 93.6 cm³/mol. The van der Waals surface area contributed by atoms with E-state index in [4.69, 9.17) is 9.47 Å². The van der Waals surface area contributed by atoms with E-state index in [9.17, 15) is 4.79 Å². The van der Waals surface area contributed by atoms with E-state index in [0.29, 0.717) is 18.0 Å². The zero-order valence-corrected chi connectivity index (χ0v) is 14.8. The first-order valence-corrected chi connectivity index (χ1v) is 9.00. The molecule has 2 aromatic rings. The average molecular weight is 346 g/mol. The topological polar surface area (TPSA) is 51.7 Å². The molecule has 1 atom stereocenters. The zero-order valence-electron chi connectivity index (χ0n) is 14.0. The maximum atomic E-state index is 13.0. The number of rotatable bonds is 6. The molecule has 5 nitrogen and oxygen atoms in total. The van der Waals surface area contributed by atoms with Gasteiger partial charge in [-0.25, -0.2) is 4.98 Å². The molecule has 1 fully saturated rings. The van der Waals surface area contributed by atoms with Crippen LogP contribution in [0.2, 0.25) is 0 Å². The maximum Gasteiger partial charge on any atom is 0.266 e. The van der Waals surface area contributed by atoms with Gasteiger partial charge in [0.1, 0.15) is 10.6 Å². The summed E-state index contributed by atoms with van der Waals surface area (Å²) in [6, 6.07) is 7.81. The van der Waals surface area contributed by atoms with Crippen molar-refractivity contribution in [1.82, 2.24) is 9.88 Å². The van der Waals surface area contributed by atoms with Gasteiger partial charge in [-0.2, -0.15) is 0 Å². The zero-order chi connectivity index (χ0) is 16.9. The molecule has 0 N–H and O–H groups in total. The maximum absolute atomic E-state index is 13.0. The summed E-state index contributed by atoms with van der Waals surface area (Å²) in [5, 5.41) is 0. The molecule has 0 radical (unpaired) electrons. The molecule has 1 aromatic heterocycles. The third-order valence-corrected chi connectivity index (χ3v) is 5.15. The number of hydrogen-bond acceptors (Lipinski definition) is 5. The second kappa shape index (κ2) is 7.77. The van der Waals surface area contributed by atoms with E-state index in [1.807, 2.05) is 36.1 Å². The molecule has 0 unspecified atom stereocenters. The number of aromatic nitrogens is 1. The molecule has 0 aliphatic carbocycles. The third kappa shape index (κ3) is 3.76. The number of carbonyl (C=O) groups excluding carboxylic acids is 1. The number of thiazole rings is 1. The van der Waals surface area contributed by atoms with Crippen LogP contribution >= 0.6 is 11.3 Å². The highest BCUT2D eigenvalue weighted by molar-refractivity contribution is 7.11. The van der Waals surface area contributed by atoms with Crippen LogP contribution in [0.4, 0.5) is 0 Å². The lowest BCUT2D eigenvalue weighted by Gasteiger charge is -2.26. The Labute approximate surface area is 146 Å². The van der Waals surface area contributed by atoms with Gasteiger partial charge < -0.3 is 14.4 Å². The lowest BCUT2D eigenvalue weighted by Crippen LogP contribution is -2.37. The van der Waals surface area contributed by atoms with E-state index in [0.717, 1.165) is 36.5 Å². The lowest BCUT2D eigenvalue weighted by molar-refractivity contribution is 0.0508. The van der Waals surface area contributed by atoms with Gasteiger partial charge in [0.15, 0.2) is 0 Å². The van der Waals surface area contributed by atoms with Gasteiger partial charge in [-0.3, -0.25) is 4.79 Å². The molecule has 6 heteroatoms. The number of nitrogens with zero attached hydrogens (tertiary/aromatic N) is 2. The molecule has 2 heterocycles. The fraction of sp³-hybridized carbons (Fsp3) is 0.444. The summed E-state index contributed by atoms with van der Waals surface area (Å²) in [5.41, 5.74) is 3.49. The van der Waals surface area contributed by atoms with Crippen LogP contribution in [0, 0.1) is 6.92 Å². The Morgan fingerprint density at radius 2 is 2.29 bits per heavy atom. The summed E-state index contributed by atoms with van der Waals surface area (Å²) in [6.07, 6.45) is 2.16. The van der Waals surface area contributed by atoms with Crippen LogP contribution in [0.3, 0.4) is 0 Å². The van der Waals surface area contributed by atoms with Crippen molar-refractivity contribution in [3.8, 4) is 5.75 Å². The lowest BCUT2D eigenvalue weighted by atomic mass is 10.1. The minimum Gasteiger partial charge on any atom is -0.496 e. The SMILES string of the molecule is COc1ccccc1CN(C[C@@H]1CCCO1)C(=O)c1scnc1C. The highest BCUT2D eigenvalue weighted by atomic mass is 32.1. The van der Waals surface area contributed by atoms with Crippen LogP contribution in [0.15, 0.2) is 29.8 Å². The van der Waals surface area contributed by atoms with Gasteiger partial charge in [-0.15, -0.1) is 11.3 Å². The predicted octanol–water partition coefficient (Wildman–Crippen LogP) is 3.28. The largest absolute Gasteiger partial charge is 0.496 e. The summed E-state index contributed by atoms with van der Waals surface area (Å²) in [4.78, 5) is 19.8. The molecule has 1 amide bonds. The van der Waals surface area contributed by atoms with Crippen LogP contribution in [-0.4, -0.2) is 42.2 Å². The van der Waals surface area contributed by atoms with E-state index in [1.165, 1.54) is 11.3 Å². The Morgan fingerprint density at radius 3 is 2.96 bits per heavy atom. The van der Waals surface area contributed by atoms with E-state index in [1.54, 1.807) is 12.6 Å². The number of carbonyl (C=O) groups is 1. The van der Waals surface area contributed by atoms with Gasteiger partial charge in [0.2, 0.25) is 0 Å². The number of amides is 1. The molecular formula is C18H22N2O3S. The standard InChI is InChI=1S/C18H22N2O3S/c1-13-17(24-12-19-13)18(21)20(11-15-7-5-9-23-15)10-14-6-3-4-8-16(14)22-2/h3-4,6,8,12,15H,5,7,9-11H2,1-2H3/t15-/m0/s1. The second-order valence-corrected chi connectivity index (χ2v) is 6.75. The highest BCUT2D eigenvalue weighted by Crippen LogP contribution is 2.24. The van der Waals surface area contributed by atoms with Crippen LogP contribution in [-0.2, 0) is 11.3 Å². The number of methoxy groups -OCH3 is 1. The Hall–Kier alpha value is -1.92. The summed E-state index contributed by atoms with van der Waals surface area (Å²) in [5.74, 6) is 0.806. The monoisotopic (exact) mass is 346 g/mol. The minimum absolute atomic E-state index is 0.0106. The minimum atomic E-state index is 0.0106. The fourth-order valence-corrected chi connectivity index (χ4v) is 3.71. The number of hydrogen-bond donors (Lipinski definition) is 0. The highest BCUT2D eigenvalue weighted by Gasteiger charge is 2.26. The van der Waals surface area contributed by atoms with E-state index in [2.05, 4.69) is 4.98 Å². The molecule has 24 heavy (non-hydrogen) atoms. The summed E-state index contributed by atoms with van der Waals surface area (Å²) >= 11 is 1.39. The van der Waals surface area contributed by atoms with Crippen LogP contribution in [0.5, 0.6) is 5.75 Å². The third-order valence-electron chi connectivity index (χ3n) is 4.23. The first-order chi connectivity index (χ1) is 11.7. The van der Waals surface area contributed by atoms with E-state index < -0.39 is 0 Å². The summed E-state index contributed by atoms with van der Waals surface area (Å²) in [7, 11) is 1.65. The molecule has 1 aromatic carbocycles. The van der Waals surface area contributed by atoms with Crippen molar-refractivity contribution in [3.63, 3.8) is 0 Å². The summed E-state index contributed by atoms with van der Waals surface area (Å²) in [6.45, 7) is 3.74. The quantitative estimate of drug-likeness (QED) is 0.805. The molecule has 3 rings (SSSR count). The number of para-hydroxylation sites is 1. The van der Waals surface area contributed by atoms with Crippen molar-refractivity contribution >= 4 is 17.2 Å². The number of ether oxygens (including phenoxy) is 2. The van der Waals surface area contributed by atoms with Gasteiger partial charge in [0.25, 0.3) is 5.91 Å². The molecule has 0 spiro atoms. The molecule has 1 saturated heterocycles. The van der Waals surface area contributed by atoms with Crippen molar-refractivity contribution < 1.29 is 14.3 Å². The van der Waals surface area contributed by atoms with Gasteiger partial charge in [-0.1, -0.05) is 18.2 Å². The van der Waals surface area contributed by atoms with Crippen LogP contribution < -0.4 is 4.74 Å². The molecule has 1 aliphatic rings. The molecule has 128 valence electrons. The first-order valence-electron chi connectivity index (χ1n) is 8.12. The van der Waals surface area contributed by atoms with Crippen LogP contribution in [0.25, 0.3) is 0 Å². The average Bonchev–Trinajstić information content (AvgIpc) is 3.25. The first kappa shape index (κ1) is 16.9. The van der Waals surface area contributed by atoms with Gasteiger partial charge in [0, 0.05) is 25.3 Å². The van der Waals surface area contributed by atoms with Gasteiger partial charge in [-0.05, 0) is 25.8 Å². The smallest absolute Gasteiger partial charge is 0.266 e. The van der Waals surface area contributed by atoms with Gasteiger partial charge >= 0.3 is 0 Å². The summed E-state index contributed by atoms with van der Waals surface area (Å²) < 4.78 is 11.2. The molecular weight excluding hydrogens is 324 g/mol. The number of benzene rings is 1. The molecule has 0 saturated carbocycles. The van der Waals surface area contributed by atoms with Crippen molar-refractivity contribution in [2.75, 3.05) is 20.3 Å². The van der Waals surface area contributed by atoms with Crippen molar-refractivity contribution in [1.29, 1.82) is 0 Å². The Bertz CT molecular complexity index is 695. The Morgan fingerprint density at radius 1 is 1.46 bits per heavy atom. The van der Waals surface area contributed by atoms with E-state index in [-0.39, 0.29) is 12.0 Å². The fourth-order valence-electron chi connectivity index (χ4n) is 2.94. The van der Waals surface area contributed by atoms with Crippen molar-refractivity contribution in [2.45, 2.75) is 32.4 Å². The second-order valence-electron chi connectivity index (χ2n) is 5.90.